The van der Waals surface area contributed by atoms with E-state index >= 15 is 0 Å². The molecule has 0 fully saturated rings. The van der Waals surface area contributed by atoms with Crippen LogP contribution in [0.4, 0.5) is 0 Å². The summed E-state index contributed by atoms with van der Waals surface area (Å²) < 4.78 is 5.07. The normalized spacial score (nSPS) is 16.0. The number of hydrogen-bond donors (Lipinski definition) is 1. The molecule has 92 valence electrons. The molecule has 3 heteroatoms. The largest absolute Gasteiger partial charge is 0.392 e. The van der Waals surface area contributed by atoms with Gasteiger partial charge in [-0.05, 0) is 19.8 Å². The Kier molecular flexibility index (Phi) is 8.02. The quantitative estimate of drug-likeness (QED) is 0.672. The Morgan fingerprint density at radius 1 is 1.27 bits per heavy atom. The Balaban J connectivity index is 4.03. The van der Waals surface area contributed by atoms with Crippen LogP contribution in [0.2, 0.25) is 0 Å². The number of aliphatic hydroxyl groups is 1. The van der Waals surface area contributed by atoms with Crippen LogP contribution in [-0.4, -0.2) is 49.0 Å². The monoisotopic (exact) mass is 217 g/mol. The molecule has 0 bridgehead atoms. The van der Waals surface area contributed by atoms with Crippen LogP contribution in [0.5, 0.6) is 0 Å². The van der Waals surface area contributed by atoms with Crippen molar-refractivity contribution in [3.05, 3.63) is 0 Å². The zero-order chi connectivity index (χ0) is 11.8. The average Bonchev–Trinajstić information content (AvgIpc) is 2.22. The van der Waals surface area contributed by atoms with Gasteiger partial charge < -0.3 is 9.84 Å². The summed E-state index contributed by atoms with van der Waals surface area (Å²) in [7, 11) is 1.71. The van der Waals surface area contributed by atoms with E-state index in [1.54, 1.807) is 7.11 Å². The number of rotatable bonds is 8. The number of methoxy groups -OCH3 is 1. The summed E-state index contributed by atoms with van der Waals surface area (Å²) in [6.07, 6.45) is 0.798. The van der Waals surface area contributed by atoms with Gasteiger partial charge in [0.25, 0.3) is 0 Å². The molecule has 15 heavy (non-hydrogen) atoms. The summed E-state index contributed by atoms with van der Waals surface area (Å²) in [6.45, 7) is 10.9. The second-order valence-electron chi connectivity index (χ2n) is 4.53. The topological polar surface area (TPSA) is 32.7 Å². The van der Waals surface area contributed by atoms with Gasteiger partial charge in [-0.2, -0.15) is 0 Å². The maximum Gasteiger partial charge on any atom is 0.0692 e. The van der Waals surface area contributed by atoms with Crippen LogP contribution in [0.15, 0.2) is 0 Å². The highest BCUT2D eigenvalue weighted by molar-refractivity contribution is 4.71. The summed E-state index contributed by atoms with van der Waals surface area (Å²) in [5.41, 5.74) is 0. The number of ether oxygens (including phenoxy) is 1. The van der Waals surface area contributed by atoms with Gasteiger partial charge in [0.05, 0.1) is 12.7 Å². The van der Waals surface area contributed by atoms with Gasteiger partial charge in [-0.25, -0.2) is 0 Å². The van der Waals surface area contributed by atoms with Crippen LogP contribution < -0.4 is 0 Å². The van der Waals surface area contributed by atoms with E-state index in [9.17, 15) is 5.11 Å². The molecule has 0 aliphatic carbocycles. The number of aliphatic hydroxyl groups excluding tert-OH is 1. The van der Waals surface area contributed by atoms with Crippen LogP contribution in [-0.2, 0) is 4.74 Å². The summed E-state index contributed by atoms with van der Waals surface area (Å²) in [6, 6.07) is 0.457. The van der Waals surface area contributed by atoms with Gasteiger partial charge in [-0.1, -0.05) is 20.3 Å². The second-order valence-corrected chi connectivity index (χ2v) is 4.53. The van der Waals surface area contributed by atoms with Crippen molar-refractivity contribution in [2.24, 2.45) is 5.92 Å². The first-order valence-corrected chi connectivity index (χ1v) is 5.93. The zero-order valence-electron chi connectivity index (χ0n) is 10.9. The van der Waals surface area contributed by atoms with E-state index in [4.69, 9.17) is 4.74 Å². The smallest absolute Gasteiger partial charge is 0.0692 e. The molecule has 0 aliphatic heterocycles. The molecule has 0 radical (unpaired) electrons. The van der Waals surface area contributed by atoms with Gasteiger partial charge in [0.2, 0.25) is 0 Å². The van der Waals surface area contributed by atoms with Gasteiger partial charge >= 0.3 is 0 Å². The summed E-state index contributed by atoms with van der Waals surface area (Å²) in [4.78, 5) is 2.26. The molecule has 0 saturated heterocycles. The molecular formula is C12H27NO2. The van der Waals surface area contributed by atoms with Crippen LogP contribution >= 0.6 is 0 Å². The minimum Gasteiger partial charge on any atom is -0.392 e. The van der Waals surface area contributed by atoms with Gasteiger partial charge in [0, 0.05) is 26.2 Å². The van der Waals surface area contributed by atoms with Gasteiger partial charge in [-0.15, -0.1) is 0 Å². The highest BCUT2D eigenvalue weighted by Crippen LogP contribution is 2.10. The van der Waals surface area contributed by atoms with Crippen molar-refractivity contribution < 1.29 is 9.84 Å². The van der Waals surface area contributed by atoms with E-state index in [-0.39, 0.29) is 6.10 Å². The minimum atomic E-state index is -0.228. The lowest BCUT2D eigenvalue weighted by Crippen LogP contribution is -2.41. The van der Waals surface area contributed by atoms with Crippen LogP contribution in [0.25, 0.3) is 0 Å². The first-order chi connectivity index (χ1) is 7.02. The van der Waals surface area contributed by atoms with Crippen molar-refractivity contribution in [1.82, 2.24) is 4.90 Å². The van der Waals surface area contributed by atoms with Gasteiger partial charge in [0.15, 0.2) is 0 Å². The Morgan fingerprint density at radius 2 is 1.87 bits per heavy atom. The molecule has 3 nitrogen and oxygen atoms in total. The Labute approximate surface area is 94.4 Å². The fraction of sp³-hybridized carbons (Fsp3) is 1.00. The van der Waals surface area contributed by atoms with E-state index in [0.717, 1.165) is 26.1 Å². The molecule has 0 amide bonds. The maximum atomic E-state index is 9.95. The maximum absolute atomic E-state index is 9.95. The van der Waals surface area contributed by atoms with Crippen molar-refractivity contribution in [2.75, 3.05) is 26.8 Å². The number of hydrogen-bond acceptors (Lipinski definition) is 3. The molecule has 0 aromatic heterocycles. The van der Waals surface area contributed by atoms with E-state index in [1.165, 1.54) is 0 Å². The highest BCUT2D eigenvalue weighted by Gasteiger charge is 2.18. The molecule has 0 rings (SSSR count). The van der Waals surface area contributed by atoms with Gasteiger partial charge in [-0.3, -0.25) is 4.90 Å². The molecule has 0 aromatic carbocycles. The molecule has 2 unspecified atom stereocenters. The van der Waals surface area contributed by atoms with Crippen molar-refractivity contribution in [3.8, 4) is 0 Å². The van der Waals surface area contributed by atoms with Crippen LogP contribution in [0.1, 0.15) is 34.1 Å². The van der Waals surface area contributed by atoms with E-state index in [0.29, 0.717) is 12.0 Å². The molecule has 0 spiro atoms. The molecular weight excluding hydrogens is 190 g/mol. The van der Waals surface area contributed by atoms with Crippen LogP contribution in [0.3, 0.4) is 0 Å². The Hall–Kier alpha value is -0.120. The predicted octanol–water partition coefficient (Wildman–Crippen LogP) is 1.75. The lowest BCUT2D eigenvalue weighted by atomic mass is 10.0. The van der Waals surface area contributed by atoms with Crippen molar-refractivity contribution in [2.45, 2.75) is 46.3 Å². The summed E-state index contributed by atoms with van der Waals surface area (Å²) >= 11 is 0. The molecule has 0 aliphatic rings. The second kappa shape index (κ2) is 8.08. The van der Waals surface area contributed by atoms with Crippen molar-refractivity contribution >= 4 is 0 Å². The third-order valence-corrected chi connectivity index (χ3v) is 3.04. The molecule has 1 N–H and O–H groups in total. The zero-order valence-corrected chi connectivity index (χ0v) is 10.9. The van der Waals surface area contributed by atoms with Crippen LogP contribution in [0, 0.1) is 5.92 Å². The third kappa shape index (κ3) is 6.13. The lowest BCUT2D eigenvalue weighted by Gasteiger charge is -2.30. The number of nitrogens with zero attached hydrogens (tertiary/aromatic N) is 1. The molecule has 0 saturated carbocycles. The standard InChI is InChI=1S/C12H27NO2/c1-6-11(4)12(14)9-13(10(2)3)7-8-15-5/h10-12,14H,6-9H2,1-5H3. The van der Waals surface area contributed by atoms with Crippen molar-refractivity contribution in [1.29, 1.82) is 0 Å². The van der Waals surface area contributed by atoms with E-state index < -0.39 is 0 Å². The first kappa shape index (κ1) is 14.9. The molecule has 0 aromatic rings. The van der Waals surface area contributed by atoms with Crippen molar-refractivity contribution in [3.63, 3.8) is 0 Å². The lowest BCUT2D eigenvalue weighted by molar-refractivity contribution is 0.0436. The van der Waals surface area contributed by atoms with E-state index in [2.05, 4.69) is 32.6 Å². The SMILES string of the molecule is CCC(C)C(O)CN(CCOC)C(C)C. The molecule has 2 atom stereocenters. The third-order valence-electron chi connectivity index (χ3n) is 3.04. The highest BCUT2D eigenvalue weighted by atomic mass is 16.5. The van der Waals surface area contributed by atoms with Gasteiger partial charge in [0.1, 0.15) is 0 Å². The fourth-order valence-corrected chi connectivity index (χ4v) is 1.46. The average molecular weight is 217 g/mol. The fourth-order valence-electron chi connectivity index (χ4n) is 1.46. The summed E-state index contributed by atoms with van der Waals surface area (Å²) in [5.74, 6) is 0.369. The molecule has 0 heterocycles. The summed E-state index contributed by atoms with van der Waals surface area (Å²) in [5, 5.41) is 9.95. The Bertz CT molecular complexity index is 151. The Morgan fingerprint density at radius 3 is 2.27 bits per heavy atom. The minimum absolute atomic E-state index is 0.228. The van der Waals surface area contributed by atoms with E-state index in [1.807, 2.05) is 0 Å². The first-order valence-electron chi connectivity index (χ1n) is 5.93. The predicted molar refractivity (Wildman–Crippen MR) is 64.0 cm³/mol.